The molecule has 14 heavy (non-hydrogen) atoms. The van der Waals surface area contributed by atoms with Gasteiger partial charge < -0.3 is 14.4 Å². The molecule has 0 unspecified atom stereocenters. The van der Waals surface area contributed by atoms with E-state index in [0.717, 1.165) is 19.5 Å². The quantitative estimate of drug-likeness (QED) is 0.721. The second-order valence-corrected chi connectivity index (χ2v) is 3.53. The van der Waals surface area contributed by atoms with E-state index in [0.29, 0.717) is 11.7 Å². The molecule has 4 nitrogen and oxygen atoms in total. The van der Waals surface area contributed by atoms with Gasteiger partial charge in [-0.1, -0.05) is 11.6 Å². The van der Waals surface area contributed by atoms with Crippen molar-refractivity contribution < 1.29 is 9.52 Å². The summed E-state index contributed by atoms with van der Waals surface area (Å²) in [6.07, 6.45) is 4.73. The summed E-state index contributed by atoms with van der Waals surface area (Å²) in [5.74, 6) is 0. The Morgan fingerprint density at radius 1 is 1.64 bits per heavy atom. The minimum Gasteiger partial charge on any atom is -0.432 e. The molecule has 2 heterocycles. The SMILES string of the molecule is CC1=CCN(c2nc(CO)co2)CC1. The highest BCUT2D eigenvalue weighted by Crippen LogP contribution is 2.18. The van der Waals surface area contributed by atoms with Crippen LogP contribution in [0.3, 0.4) is 0 Å². The van der Waals surface area contributed by atoms with E-state index in [9.17, 15) is 0 Å². The van der Waals surface area contributed by atoms with Gasteiger partial charge in [0.1, 0.15) is 12.0 Å². The number of anilines is 1. The van der Waals surface area contributed by atoms with Gasteiger partial charge in [0, 0.05) is 13.1 Å². The Morgan fingerprint density at radius 2 is 2.50 bits per heavy atom. The third kappa shape index (κ3) is 1.80. The van der Waals surface area contributed by atoms with Gasteiger partial charge >= 0.3 is 0 Å². The van der Waals surface area contributed by atoms with Gasteiger partial charge in [-0.25, -0.2) is 0 Å². The van der Waals surface area contributed by atoms with Crippen molar-refractivity contribution in [3.63, 3.8) is 0 Å². The molecule has 1 aliphatic heterocycles. The third-order valence-electron chi connectivity index (χ3n) is 2.41. The molecule has 0 amide bonds. The van der Waals surface area contributed by atoms with Crippen LogP contribution >= 0.6 is 0 Å². The van der Waals surface area contributed by atoms with Crippen molar-refractivity contribution in [1.29, 1.82) is 0 Å². The fourth-order valence-electron chi connectivity index (χ4n) is 1.46. The Balaban J connectivity index is 2.09. The maximum absolute atomic E-state index is 8.84. The lowest BCUT2D eigenvalue weighted by molar-refractivity contribution is 0.276. The Kier molecular flexibility index (Phi) is 2.54. The first kappa shape index (κ1) is 9.27. The van der Waals surface area contributed by atoms with E-state index in [1.807, 2.05) is 0 Å². The second kappa shape index (κ2) is 3.84. The van der Waals surface area contributed by atoms with E-state index in [1.165, 1.54) is 11.8 Å². The van der Waals surface area contributed by atoms with Crippen molar-refractivity contribution in [2.45, 2.75) is 20.0 Å². The van der Waals surface area contributed by atoms with Gasteiger partial charge in [0.15, 0.2) is 0 Å². The van der Waals surface area contributed by atoms with Gasteiger partial charge in [-0.05, 0) is 13.3 Å². The standard InChI is InChI=1S/C10H14N2O2/c1-8-2-4-12(5-3-8)10-11-9(6-13)7-14-10/h2,7,13H,3-6H2,1H3. The van der Waals surface area contributed by atoms with Gasteiger partial charge in [-0.3, -0.25) is 0 Å². The van der Waals surface area contributed by atoms with Crippen molar-refractivity contribution in [1.82, 2.24) is 4.98 Å². The molecule has 0 bridgehead atoms. The number of rotatable bonds is 2. The Bertz CT molecular complexity index is 344. The molecule has 0 atom stereocenters. The van der Waals surface area contributed by atoms with Crippen LogP contribution in [0.2, 0.25) is 0 Å². The zero-order valence-corrected chi connectivity index (χ0v) is 8.23. The molecule has 1 aromatic rings. The van der Waals surface area contributed by atoms with E-state index in [4.69, 9.17) is 9.52 Å². The van der Waals surface area contributed by atoms with Crippen molar-refractivity contribution in [2.24, 2.45) is 0 Å². The highest BCUT2D eigenvalue weighted by molar-refractivity contribution is 5.31. The first-order chi connectivity index (χ1) is 6.79. The summed E-state index contributed by atoms with van der Waals surface area (Å²) < 4.78 is 5.26. The molecule has 0 aliphatic carbocycles. The van der Waals surface area contributed by atoms with E-state index in [1.54, 1.807) is 0 Å². The molecule has 0 saturated carbocycles. The summed E-state index contributed by atoms with van der Waals surface area (Å²) in [7, 11) is 0. The number of nitrogens with zero attached hydrogens (tertiary/aromatic N) is 2. The number of hydrogen-bond donors (Lipinski definition) is 1. The van der Waals surface area contributed by atoms with Crippen LogP contribution in [-0.4, -0.2) is 23.2 Å². The predicted octanol–water partition coefficient (Wildman–Crippen LogP) is 1.32. The normalized spacial score (nSPS) is 17.0. The molecule has 1 N–H and O–H groups in total. The zero-order valence-electron chi connectivity index (χ0n) is 8.23. The maximum atomic E-state index is 8.84. The van der Waals surface area contributed by atoms with Gasteiger partial charge in [0.2, 0.25) is 0 Å². The topological polar surface area (TPSA) is 49.5 Å². The van der Waals surface area contributed by atoms with Gasteiger partial charge in [-0.15, -0.1) is 0 Å². The largest absolute Gasteiger partial charge is 0.432 e. The lowest BCUT2D eigenvalue weighted by Gasteiger charge is -2.23. The zero-order chi connectivity index (χ0) is 9.97. The molecule has 0 fully saturated rings. The molecule has 4 heteroatoms. The minimum atomic E-state index is -0.0633. The monoisotopic (exact) mass is 194 g/mol. The van der Waals surface area contributed by atoms with E-state index >= 15 is 0 Å². The predicted molar refractivity (Wildman–Crippen MR) is 53.0 cm³/mol. The molecule has 0 aromatic carbocycles. The lowest BCUT2D eigenvalue weighted by atomic mass is 10.1. The lowest BCUT2D eigenvalue weighted by Crippen LogP contribution is -2.28. The van der Waals surface area contributed by atoms with Crippen LogP contribution in [0.4, 0.5) is 6.01 Å². The number of oxazole rings is 1. The summed E-state index contributed by atoms with van der Waals surface area (Å²) >= 11 is 0. The van der Waals surface area contributed by atoms with Crippen LogP contribution in [0.25, 0.3) is 0 Å². The fraction of sp³-hybridized carbons (Fsp3) is 0.500. The molecule has 0 radical (unpaired) electrons. The summed E-state index contributed by atoms with van der Waals surface area (Å²) in [6.45, 7) is 3.85. The Labute approximate surface area is 82.9 Å². The second-order valence-electron chi connectivity index (χ2n) is 3.53. The first-order valence-corrected chi connectivity index (χ1v) is 4.75. The van der Waals surface area contributed by atoms with Crippen LogP contribution in [0.15, 0.2) is 22.3 Å². The van der Waals surface area contributed by atoms with E-state index < -0.39 is 0 Å². The molecule has 1 aliphatic rings. The summed E-state index contributed by atoms with van der Waals surface area (Å²) in [5.41, 5.74) is 2.00. The molecule has 0 spiro atoms. The van der Waals surface area contributed by atoms with E-state index in [-0.39, 0.29) is 6.61 Å². The summed E-state index contributed by atoms with van der Waals surface area (Å²) in [6, 6.07) is 0.609. The van der Waals surface area contributed by atoms with Crippen molar-refractivity contribution in [2.75, 3.05) is 18.0 Å². The number of aliphatic hydroxyl groups is 1. The summed E-state index contributed by atoms with van der Waals surface area (Å²) in [5, 5.41) is 8.84. The smallest absolute Gasteiger partial charge is 0.297 e. The minimum absolute atomic E-state index is 0.0633. The highest BCUT2D eigenvalue weighted by Gasteiger charge is 2.14. The number of aromatic nitrogens is 1. The van der Waals surface area contributed by atoms with Gasteiger partial charge in [-0.2, -0.15) is 4.98 Å². The average Bonchev–Trinajstić information content (AvgIpc) is 2.67. The van der Waals surface area contributed by atoms with Crippen LogP contribution < -0.4 is 4.90 Å². The van der Waals surface area contributed by atoms with Crippen LogP contribution in [0, 0.1) is 0 Å². The number of hydrogen-bond acceptors (Lipinski definition) is 4. The van der Waals surface area contributed by atoms with Gasteiger partial charge in [0.05, 0.1) is 6.61 Å². The van der Waals surface area contributed by atoms with Crippen LogP contribution in [0.5, 0.6) is 0 Å². The Morgan fingerprint density at radius 3 is 3.07 bits per heavy atom. The maximum Gasteiger partial charge on any atom is 0.297 e. The van der Waals surface area contributed by atoms with Crippen molar-refractivity contribution in [3.05, 3.63) is 23.6 Å². The third-order valence-corrected chi connectivity index (χ3v) is 2.41. The highest BCUT2D eigenvalue weighted by atomic mass is 16.4. The van der Waals surface area contributed by atoms with Crippen molar-refractivity contribution in [3.8, 4) is 0 Å². The van der Waals surface area contributed by atoms with Crippen LogP contribution in [0.1, 0.15) is 19.0 Å². The fourth-order valence-corrected chi connectivity index (χ4v) is 1.46. The molecule has 76 valence electrons. The number of aliphatic hydroxyl groups excluding tert-OH is 1. The average molecular weight is 194 g/mol. The molecule has 0 saturated heterocycles. The first-order valence-electron chi connectivity index (χ1n) is 4.75. The summed E-state index contributed by atoms with van der Waals surface area (Å²) in [4.78, 5) is 6.22. The van der Waals surface area contributed by atoms with Crippen LogP contribution in [-0.2, 0) is 6.61 Å². The van der Waals surface area contributed by atoms with Crippen molar-refractivity contribution >= 4 is 6.01 Å². The molecular formula is C10H14N2O2. The van der Waals surface area contributed by atoms with Gasteiger partial charge in [0.25, 0.3) is 6.01 Å². The molecular weight excluding hydrogens is 180 g/mol. The molecule has 1 aromatic heterocycles. The molecule has 2 rings (SSSR count). The Hall–Kier alpha value is -1.29. The van der Waals surface area contributed by atoms with E-state index in [2.05, 4.69) is 22.9 Å².